The summed E-state index contributed by atoms with van der Waals surface area (Å²) >= 11 is 0. The van der Waals surface area contributed by atoms with Gasteiger partial charge in [-0.1, -0.05) is 132 Å². The highest BCUT2D eigenvalue weighted by atomic mass is 16.7. The molecule has 0 spiro atoms. The Hall–Kier alpha value is -2.36. The van der Waals surface area contributed by atoms with E-state index < -0.39 is 18.3 Å². The van der Waals surface area contributed by atoms with Gasteiger partial charge in [0.05, 0.1) is 11.2 Å². The van der Waals surface area contributed by atoms with E-state index in [4.69, 9.17) is 9.31 Å². The van der Waals surface area contributed by atoms with Gasteiger partial charge < -0.3 is 9.31 Å². The van der Waals surface area contributed by atoms with Gasteiger partial charge in [0.2, 0.25) is 0 Å². The van der Waals surface area contributed by atoms with Crippen LogP contribution in [0.3, 0.4) is 0 Å². The fourth-order valence-electron chi connectivity index (χ4n) is 5.42. The van der Waals surface area contributed by atoms with Crippen LogP contribution in [-0.4, -0.2) is 18.3 Å². The van der Waals surface area contributed by atoms with Crippen LogP contribution in [-0.2, 0) is 31.0 Å². The summed E-state index contributed by atoms with van der Waals surface area (Å²) in [6, 6.07) is 21.3. The second-order valence-electron chi connectivity index (χ2n) is 18.0. The van der Waals surface area contributed by atoms with Crippen molar-refractivity contribution in [1.82, 2.24) is 0 Å². The van der Waals surface area contributed by atoms with E-state index in [0.717, 1.165) is 5.46 Å². The van der Waals surface area contributed by atoms with Gasteiger partial charge in [0.1, 0.15) is 0 Å². The molecule has 0 aromatic heterocycles. The van der Waals surface area contributed by atoms with Crippen molar-refractivity contribution < 1.29 is 9.31 Å². The fraction of sp³-hybridized carbons (Fsp3) is 0.550. The summed E-state index contributed by atoms with van der Waals surface area (Å²) in [5, 5.41) is 0. The van der Waals surface area contributed by atoms with Gasteiger partial charge in [-0.05, 0) is 105 Å². The quantitative estimate of drug-likeness (QED) is 0.287. The number of hydrogen-bond donors (Lipinski definition) is 0. The third-order valence-corrected chi connectivity index (χ3v) is 9.48. The average molecular weight is 581 g/mol. The van der Waals surface area contributed by atoms with Gasteiger partial charge in [0, 0.05) is 0 Å². The lowest BCUT2D eigenvalue weighted by atomic mass is 9.73. The number of hydrogen-bond acceptors (Lipinski definition) is 2. The van der Waals surface area contributed by atoms with Crippen molar-refractivity contribution in [1.29, 1.82) is 0 Å². The topological polar surface area (TPSA) is 18.5 Å². The monoisotopic (exact) mass is 580 g/mol. The van der Waals surface area contributed by atoms with Crippen molar-refractivity contribution >= 4 is 12.6 Å². The van der Waals surface area contributed by atoms with E-state index in [1.54, 1.807) is 0 Å². The van der Waals surface area contributed by atoms with Crippen molar-refractivity contribution in [2.45, 2.75) is 144 Å². The SMILES string of the molecule is CC(C)(C)c1cc(B2OC(C)(C)C(C)(C)O2)cc(-c2cc(-c3cc(C(C)(C)C)cc(C(C)(C)C)c3)cc(C(C)(C)C)c2)c1. The van der Waals surface area contributed by atoms with Crippen LogP contribution in [0.1, 0.15) is 133 Å². The van der Waals surface area contributed by atoms with Crippen LogP contribution < -0.4 is 5.46 Å². The average Bonchev–Trinajstić information content (AvgIpc) is 3.07. The predicted octanol–water partition coefficient (Wildman–Crippen LogP) is 10.5. The van der Waals surface area contributed by atoms with Gasteiger partial charge in [-0.3, -0.25) is 0 Å². The highest BCUT2D eigenvalue weighted by Gasteiger charge is 2.52. The minimum atomic E-state index is -0.408. The maximum absolute atomic E-state index is 6.55. The molecule has 0 aliphatic carbocycles. The first-order valence-electron chi connectivity index (χ1n) is 16.1. The third kappa shape index (κ3) is 7.15. The van der Waals surface area contributed by atoms with E-state index in [1.807, 2.05) is 0 Å². The Labute approximate surface area is 264 Å². The zero-order chi connectivity index (χ0) is 32.6. The molecule has 1 saturated heterocycles. The molecule has 0 bridgehead atoms. The summed E-state index contributed by atoms with van der Waals surface area (Å²) in [7, 11) is -0.408. The molecule has 232 valence electrons. The minimum absolute atomic E-state index is 0.00452. The lowest BCUT2D eigenvalue weighted by Crippen LogP contribution is -2.41. The van der Waals surface area contributed by atoms with Crippen molar-refractivity contribution in [2.24, 2.45) is 0 Å². The molecule has 1 aliphatic rings. The smallest absolute Gasteiger partial charge is 0.399 e. The molecule has 0 N–H and O–H groups in total. The molecule has 3 aromatic rings. The summed E-state index contributed by atoms with van der Waals surface area (Å²) < 4.78 is 13.1. The molecular formula is C40H57BO2. The van der Waals surface area contributed by atoms with Gasteiger partial charge >= 0.3 is 7.12 Å². The summed E-state index contributed by atoms with van der Waals surface area (Å²) in [5.41, 5.74) is 10.7. The van der Waals surface area contributed by atoms with E-state index in [1.165, 1.54) is 44.5 Å². The van der Waals surface area contributed by atoms with Gasteiger partial charge in [-0.2, -0.15) is 0 Å². The molecule has 3 heteroatoms. The first-order chi connectivity index (χ1) is 19.3. The molecule has 0 saturated carbocycles. The third-order valence-electron chi connectivity index (χ3n) is 9.48. The van der Waals surface area contributed by atoms with Crippen molar-refractivity contribution in [3.05, 3.63) is 76.9 Å². The molecule has 0 radical (unpaired) electrons. The summed E-state index contributed by atoms with van der Waals surface area (Å²) in [5.74, 6) is 0. The zero-order valence-corrected chi connectivity index (χ0v) is 30.1. The highest BCUT2D eigenvalue weighted by Crippen LogP contribution is 2.40. The van der Waals surface area contributed by atoms with Crippen LogP contribution >= 0.6 is 0 Å². The van der Waals surface area contributed by atoms with Crippen molar-refractivity contribution in [3.63, 3.8) is 0 Å². The molecule has 1 aliphatic heterocycles. The Morgan fingerprint density at radius 3 is 1.02 bits per heavy atom. The highest BCUT2D eigenvalue weighted by molar-refractivity contribution is 6.62. The molecule has 1 fully saturated rings. The Bertz CT molecular complexity index is 1450. The molecule has 4 rings (SSSR count). The molecular weight excluding hydrogens is 523 g/mol. The van der Waals surface area contributed by atoms with Crippen LogP contribution in [0.15, 0.2) is 54.6 Å². The fourth-order valence-corrected chi connectivity index (χ4v) is 5.42. The van der Waals surface area contributed by atoms with Gasteiger partial charge in [0.25, 0.3) is 0 Å². The van der Waals surface area contributed by atoms with E-state index in [-0.39, 0.29) is 21.7 Å². The Morgan fingerprint density at radius 2 is 0.674 bits per heavy atom. The van der Waals surface area contributed by atoms with Crippen LogP contribution in [0.2, 0.25) is 0 Å². The maximum atomic E-state index is 6.55. The van der Waals surface area contributed by atoms with Crippen molar-refractivity contribution in [3.8, 4) is 22.3 Å². The predicted molar refractivity (Wildman–Crippen MR) is 188 cm³/mol. The number of benzene rings is 3. The van der Waals surface area contributed by atoms with E-state index in [0.29, 0.717) is 0 Å². The van der Waals surface area contributed by atoms with Crippen LogP contribution in [0.25, 0.3) is 22.3 Å². The molecule has 43 heavy (non-hydrogen) atoms. The Morgan fingerprint density at radius 1 is 0.395 bits per heavy atom. The van der Waals surface area contributed by atoms with E-state index in [9.17, 15) is 0 Å². The maximum Gasteiger partial charge on any atom is 0.494 e. The van der Waals surface area contributed by atoms with Crippen LogP contribution in [0.5, 0.6) is 0 Å². The van der Waals surface area contributed by atoms with Gasteiger partial charge in [-0.25, -0.2) is 0 Å². The molecule has 0 atom stereocenters. The minimum Gasteiger partial charge on any atom is -0.399 e. The first-order valence-corrected chi connectivity index (χ1v) is 16.1. The first kappa shape index (κ1) is 33.5. The van der Waals surface area contributed by atoms with Gasteiger partial charge in [0.15, 0.2) is 0 Å². The van der Waals surface area contributed by atoms with Crippen LogP contribution in [0, 0.1) is 0 Å². The normalized spacial score (nSPS) is 17.4. The summed E-state index contributed by atoms with van der Waals surface area (Å²) in [6.07, 6.45) is 0. The molecule has 3 aromatic carbocycles. The second kappa shape index (κ2) is 10.6. The molecule has 0 amide bonds. The van der Waals surface area contributed by atoms with Crippen LogP contribution in [0.4, 0.5) is 0 Å². The van der Waals surface area contributed by atoms with E-state index in [2.05, 4.69) is 165 Å². The summed E-state index contributed by atoms with van der Waals surface area (Å²) in [4.78, 5) is 0. The molecule has 2 nitrogen and oxygen atoms in total. The zero-order valence-electron chi connectivity index (χ0n) is 30.1. The van der Waals surface area contributed by atoms with Gasteiger partial charge in [-0.15, -0.1) is 0 Å². The lowest BCUT2D eigenvalue weighted by Gasteiger charge is -2.32. The second-order valence-corrected chi connectivity index (χ2v) is 18.0. The van der Waals surface area contributed by atoms with Crippen molar-refractivity contribution in [2.75, 3.05) is 0 Å². The lowest BCUT2D eigenvalue weighted by molar-refractivity contribution is 0.00578. The van der Waals surface area contributed by atoms with E-state index >= 15 is 0 Å². The molecule has 1 heterocycles. The number of rotatable bonds is 3. The summed E-state index contributed by atoms with van der Waals surface area (Å²) in [6.45, 7) is 36.1. The largest absolute Gasteiger partial charge is 0.494 e. The Balaban J connectivity index is 1.98. The standard InChI is InChI=1S/C40H57BO2/c1-35(2,3)30-18-26(28-20-31(36(4,5)6)24-32(21-28)37(7,8)9)17-27(19-30)29-22-33(38(10,11)12)25-34(23-29)41-42-39(13,14)40(15,16)43-41/h17-25H,1-16H3. The molecule has 0 unspecified atom stereocenters. The Kier molecular flexibility index (Phi) is 8.29.